The van der Waals surface area contributed by atoms with Gasteiger partial charge in [-0.15, -0.1) is 0 Å². The van der Waals surface area contributed by atoms with E-state index >= 15 is 0 Å². The molecule has 0 aliphatic heterocycles. The van der Waals surface area contributed by atoms with Crippen molar-refractivity contribution in [3.63, 3.8) is 0 Å². The number of ether oxygens (including phenoxy) is 1. The Hall–Kier alpha value is -2.49. The van der Waals surface area contributed by atoms with Crippen molar-refractivity contribution in [2.75, 3.05) is 5.32 Å². The normalized spacial score (nSPS) is 12.5. The van der Waals surface area contributed by atoms with Crippen molar-refractivity contribution in [3.05, 3.63) is 41.7 Å². The number of halogens is 3. The second kappa shape index (κ2) is 7.60. The van der Waals surface area contributed by atoms with Crippen molar-refractivity contribution in [2.24, 2.45) is 0 Å². The Kier molecular flexibility index (Phi) is 5.73. The number of aromatic nitrogens is 1. The number of anilines is 1. The molecule has 10 heteroatoms. The summed E-state index contributed by atoms with van der Waals surface area (Å²) in [5.41, 5.74) is -4.38. The number of amides is 1. The minimum Gasteiger partial charge on any atom is -0.449 e. The highest BCUT2D eigenvalue weighted by Gasteiger charge is 2.29. The van der Waals surface area contributed by atoms with Crippen molar-refractivity contribution in [1.82, 2.24) is 5.16 Å². The van der Waals surface area contributed by atoms with Crippen LogP contribution in [0.3, 0.4) is 0 Å². The molecule has 25 heavy (non-hydrogen) atoms. The van der Waals surface area contributed by atoms with Gasteiger partial charge in [-0.1, -0.05) is 5.16 Å². The van der Waals surface area contributed by atoms with E-state index in [1.807, 2.05) is 0 Å². The van der Waals surface area contributed by atoms with E-state index in [0.29, 0.717) is 5.76 Å². The van der Waals surface area contributed by atoms with Crippen LogP contribution < -0.4 is 5.32 Å². The van der Waals surface area contributed by atoms with Crippen molar-refractivity contribution >= 4 is 29.5 Å². The molecule has 1 atom stereocenters. The maximum Gasteiger partial charge on any atom is 0.446 e. The number of esters is 1. The Morgan fingerprint density at radius 2 is 1.92 bits per heavy atom. The average Bonchev–Trinajstić information content (AvgIpc) is 2.91. The van der Waals surface area contributed by atoms with Crippen LogP contribution in [-0.4, -0.2) is 28.6 Å². The van der Waals surface area contributed by atoms with Crippen LogP contribution in [0.4, 0.5) is 19.0 Å². The third-order valence-corrected chi connectivity index (χ3v) is 3.60. The molecule has 2 rings (SSSR count). The van der Waals surface area contributed by atoms with Crippen LogP contribution >= 0.6 is 11.8 Å². The molecule has 1 N–H and O–H groups in total. The smallest absolute Gasteiger partial charge is 0.446 e. The van der Waals surface area contributed by atoms with Crippen LogP contribution in [0, 0.1) is 6.92 Å². The number of nitrogens with one attached hydrogen (secondary N) is 1. The summed E-state index contributed by atoms with van der Waals surface area (Å²) in [6, 6.07) is 6.18. The van der Waals surface area contributed by atoms with Gasteiger partial charge in [0.2, 0.25) is 0 Å². The number of alkyl halides is 3. The number of hydrogen-bond acceptors (Lipinski definition) is 6. The van der Waals surface area contributed by atoms with Crippen molar-refractivity contribution in [2.45, 2.75) is 30.4 Å². The number of carbonyl (C=O) groups excluding carboxylic acids is 2. The van der Waals surface area contributed by atoms with Gasteiger partial charge in [0, 0.05) is 11.0 Å². The highest BCUT2D eigenvalue weighted by atomic mass is 32.2. The molecule has 1 amide bonds. The quantitative estimate of drug-likeness (QED) is 0.634. The van der Waals surface area contributed by atoms with Gasteiger partial charge in [0.15, 0.2) is 11.9 Å². The van der Waals surface area contributed by atoms with Crippen LogP contribution in [0.25, 0.3) is 0 Å². The molecule has 0 aliphatic rings. The Balaban J connectivity index is 1.93. The van der Waals surface area contributed by atoms with E-state index in [1.54, 1.807) is 6.92 Å². The number of nitrogens with zero attached hydrogens (tertiary/aromatic N) is 1. The molecule has 1 aromatic carbocycles. The number of aryl methyl sites for hydroxylation is 1. The molecule has 2 aromatic rings. The number of hydrogen-bond donors (Lipinski definition) is 1. The zero-order chi connectivity index (χ0) is 18.6. The molecule has 6 nitrogen and oxygen atoms in total. The molecule has 0 saturated heterocycles. The summed E-state index contributed by atoms with van der Waals surface area (Å²) in [5, 5.41) is 5.98. The molecule has 0 fully saturated rings. The average molecular weight is 374 g/mol. The molecule has 0 unspecified atom stereocenters. The van der Waals surface area contributed by atoms with E-state index in [4.69, 9.17) is 9.26 Å². The number of rotatable bonds is 5. The Bertz CT molecular complexity index is 759. The molecule has 134 valence electrons. The Morgan fingerprint density at radius 3 is 2.44 bits per heavy atom. The van der Waals surface area contributed by atoms with Gasteiger partial charge in [0.05, 0.1) is 5.56 Å². The lowest BCUT2D eigenvalue weighted by Crippen LogP contribution is -2.30. The van der Waals surface area contributed by atoms with Crippen LogP contribution in [0.15, 0.2) is 39.8 Å². The number of carbonyl (C=O) groups is 2. The van der Waals surface area contributed by atoms with E-state index in [0.717, 1.165) is 12.1 Å². The van der Waals surface area contributed by atoms with E-state index < -0.39 is 23.5 Å². The third kappa shape index (κ3) is 5.82. The second-order valence-electron chi connectivity index (χ2n) is 4.93. The zero-order valence-corrected chi connectivity index (χ0v) is 13.9. The van der Waals surface area contributed by atoms with Crippen LogP contribution in [0.1, 0.15) is 23.0 Å². The number of thioether (sulfide) groups is 1. The molecule has 1 heterocycles. The summed E-state index contributed by atoms with van der Waals surface area (Å²) in [5.74, 6) is -0.774. The SMILES string of the molecule is Cc1cc(NC(=O)[C@@H](C)OC(=O)c2ccc(SC(F)(F)F)cc2)no1. The molecular formula is C15H13F3N2O4S. The lowest BCUT2D eigenvalue weighted by Gasteiger charge is -2.12. The van der Waals surface area contributed by atoms with Gasteiger partial charge in [-0.2, -0.15) is 13.2 Å². The van der Waals surface area contributed by atoms with E-state index in [2.05, 4.69) is 10.5 Å². The number of benzene rings is 1. The Morgan fingerprint density at radius 1 is 1.28 bits per heavy atom. The van der Waals surface area contributed by atoms with E-state index in [9.17, 15) is 22.8 Å². The standard InChI is InChI=1S/C15H13F3N2O4S/c1-8-7-12(20-24-8)19-13(21)9(2)23-14(22)10-3-5-11(6-4-10)25-15(16,17)18/h3-7,9H,1-2H3,(H,19,20,21)/t9-/m1/s1. The summed E-state index contributed by atoms with van der Waals surface area (Å²) in [4.78, 5) is 23.8. The first kappa shape index (κ1) is 18.8. The molecule has 0 aliphatic carbocycles. The highest BCUT2D eigenvalue weighted by Crippen LogP contribution is 2.36. The molecule has 0 spiro atoms. The fraction of sp³-hybridized carbons (Fsp3) is 0.267. The molecule has 1 aromatic heterocycles. The second-order valence-corrected chi connectivity index (χ2v) is 6.07. The first-order valence-corrected chi connectivity index (χ1v) is 7.76. The summed E-state index contributed by atoms with van der Waals surface area (Å²) < 4.78 is 46.5. The summed E-state index contributed by atoms with van der Waals surface area (Å²) in [6.45, 7) is 3.00. The third-order valence-electron chi connectivity index (χ3n) is 2.86. The maximum atomic E-state index is 12.3. The molecule has 0 saturated carbocycles. The van der Waals surface area contributed by atoms with E-state index in [1.165, 1.54) is 25.1 Å². The summed E-state index contributed by atoms with van der Waals surface area (Å²) >= 11 is -0.289. The first-order valence-electron chi connectivity index (χ1n) is 6.95. The summed E-state index contributed by atoms with van der Waals surface area (Å²) in [7, 11) is 0. The Labute approximate surface area is 144 Å². The van der Waals surface area contributed by atoms with Gasteiger partial charge >= 0.3 is 11.5 Å². The topological polar surface area (TPSA) is 81.4 Å². The molecule has 0 radical (unpaired) electrons. The molecule has 0 bridgehead atoms. The van der Waals surface area contributed by atoms with Gasteiger partial charge in [0.25, 0.3) is 5.91 Å². The maximum absolute atomic E-state index is 12.3. The summed E-state index contributed by atoms with van der Waals surface area (Å²) in [6.07, 6.45) is -1.13. The predicted molar refractivity (Wildman–Crippen MR) is 83.1 cm³/mol. The van der Waals surface area contributed by atoms with Crippen LogP contribution in [0.2, 0.25) is 0 Å². The first-order chi connectivity index (χ1) is 11.6. The zero-order valence-electron chi connectivity index (χ0n) is 13.1. The fourth-order valence-electron chi connectivity index (χ4n) is 1.73. The van der Waals surface area contributed by atoms with Gasteiger partial charge in [0.1, 0.15) is 5.76 Å². The van der Waals surface area contributed by atoms with Crippen molar-refractivity contribution < 1.29 is 32.0 Å². The monoisotopic (exact) mass is 374 g/mol. The van der Waals surface area contributed by atoms with Crippen LogP contribution in [0.5, 0.6) is 0 Å². The van der Waals surface area contributed by atoms with Gasteiger partial charge in [-0.3, -0.25) is 4.79 Å². The minimum absolute atomic E-state index is 0.0310. The lowest BCUT2D eigenvalue weighted by molar-refractivity contribution is -0.123. The largest absolute Gasteiger partial charge is 0.449 e. The fourth-order valence-corrected chi connectivity index (χ4v) is 2.27. The van der Waals surface area contributed by atoms with Crippen LogP contribution in [-0.2, 0) is 9.53 Å². The van der Waals surface area contributed by atoms with Crippen molar-refractivity contribution in [3.8, 4) is 0 Å². The lowest BCUT2D eigenvalue weighted by atomic mass is 10.2. The van der Waals surface area contributed by atoms with Gasteiger partial charge < -0.3 is 14.6 Å². The predicted octanol–water partition coefficient (Wildman–Crippen LogP) is 3.78. The molecular weight excluding hydrogens is 361 g/mol. The van der Waals surface area contributed by atoms with Gasteiger partial charge in [-0.05, 0) is 49.9 Å². The van der Waals surface area contributed by atoms with Gasteiger partial charge in [-0.25, -0.2) is 4.79 Å². The van der Waals surface area contributed by atoms with E-state index in [-0.39, 0.29) is 28.0 Å². The highest BCUT2D eigenvalue weighted by molar-refractivity contribution is 8.00. The van der Waals surface area contributed by atoms with Crippen molar-refractivity contribution in [1.29, 1.82) is 0 Å². The minimum atomic E-state index is -4.41.